The molecule has 1 aromatic rings. The monoisotopic (exact) mass is 259 g/mol. The third kappa shape index (κ3) is 4.87. The van der Waals surface area contributed by atoms with Crippen LogP contribution < -0.4 is 10.1 Å². The highest BCUT2D eigenvalue weighted by molar-refractivity contribution is 5.56. The smallest absolute Gasteiger partial charge is 0.142 e. The molecule has 0 fully saturated rings. The first kappa shape index (κ1) is 14.7. The van der Waals surface area contributed by atoms with Gasteiger partial charge in [-0.05, 0) is 12.1 Å². The molecule has 0 saturated heterocycles. The minimum absolute atomic E-state index is 0.112. The van der Waals surface area contributed by atoms with Crippen LogP contribution in [0, 0.1) is 5.82 Å². The Balaban J connectivity index is 2.64. The number of methoxy groups -OCH3 is 1. The molecule has 0 bridgehead atoms. The van der Waals surface area contributed by atoms with E-state index < -0.39 is 11.9 Å². The van der Waals surface area contributed by atoms with Crippen LogP contribution in [0.3, 0.4) is 0 Å². The van der Waals surface area contributed by atoms with Gasteiger partial charge in [0, 0.05) is 19.7 Å². The standard InChI is InChI=1S/C12H18FNO4/c1-17-4-5-18-12-3-2-9(13)6-11(12)14-7-10(16)8-15/h2-3,6,10,14-16H,4-5,7-8H2,1H3. The summed E-state index contributed by atoms with van der Waals surface area (Å²) in [4.78, 5) is 0. The van der Waals surface area contributed by atoms with Crippen LogP contribution in [0.15, 0.2) is 18.2 Å². The van der Waals surface area contributed by atoms with Crippen molar-refractivity contribution in [3.63, 3.8) is 0 Å². The molecule has 0 radical (unpaired) electrons. The summed E-state index contributed by atoms with van der Waals surface area (Å²) < 4.78 is 23.4. The fraction of sp³-hybridized carbons (Fsp3) is 0.500. The maximum atomic E-state index is 13.1. The lowest BCUT2D eigenvalue weighted by Crippen LogP contribution is -2.23. The lowest BCUT2D eigenvalue weighted by molar-refractivity contribution is 0.105. The fourth-order valence-corrected chi connectivity index (χ4v) is 1.29. The van der Waals surface area contributed by atoms with Crippen LogP contribution in [0.25, 0.3) is 0 Å². The molecule has 0 amide bonds. The number of nitrogens with one attached hydrogen (secondary N) is 1. The van der Waals surface area contributed by atoms with E-state index in [1.54, 1.807) is 7.11 Å². The molecule has 6 heteroatoms. The van der Waals surface area contributed by atoms with Crippen molar-refractivity contribution in [2.45, 2.75) is 6.10 Å². The SMILES string of the molecule is COCCOc1ccc(F)cc1NCC(O)CO. The molecular formula is C12H18FNO4. The second-order valence-corrected chi connectivity index (χ2v) is 3.70. The van der Waals surface area contributed by atoms with Crippen LogP contribution in [0.1, 0.15) is 0 Å². The molecule has 18 heavy (non-hydrogen) atoms. The molecule has 102 valence electrons. The number of hydrogen-bond donors (Lipinski definition) is 3. The third-order valence-corrected chi connectivity index (χ3v) is 2.23. The summed E-state index contributed by atoms with van der Waals surface area (Å²) >= 11 is 0. The molecule has 1 atom stereocenters. The van der Waals surface area contributed by atoms with E-state index in [1.807, 2.05) is 0 Å². The molecule has 0 aliphatic heterocycles. The van der Waals surface area contributed by atoms with Gasteiger partial charge >= 0.3 is 0 Å². The van der Waals surface area contributed by atoms with E-state index in [0.29, 0.717) is 24.7 Å². The highest BCUT2D eigenvalue weighted by Crippen LogP contribution is 2.25. The average molecular weight is 259 g/mol. The predicted octanol–water partition coefficient (Wildman–Crippen LogP) is 0.616. The summed E-state index contributed by atoms with van der Waals surface area (Å²) in [6, 6.07) is 4.06. The van der Waals surface area contributed by atoms with Crippen molar-refractivity contribution in [1.82, 2.24) is 0 Å². The average Bonchev–Trinajstić information content (AvgIpc) is 2.38. The predicted molar refractivity (Wildman–Crippen MR) is 65.4 cm³/mol. The largest absolute Gasteiger partial charge is 0.489 e. The van der Waals surface area contributed by atoms with Gasteiger partial charge in [-0.15, -0.1) is 0 Å². The molecule has 1 aromatic carbocycles. The van der Waals surface area contributed by atoms with Crippen molar-refractivity contribution in [1.29, 1.82) is 0 Å². The minimum Gasteiger partial charge on any atom is -0.489 e. The number of hydrogen-bond acceptors (Lipinski definition) is 5. The van der Waals surface area contributed by atoms with Gasteiger partial charge in [-0.1, -0.05) is 0 Å². The molecule has 0 aliphatic carbocycles. The van der Waals surface area contributed by atoms with Crippen LogP contribution in [0.2, 0.25) is 0 Å². The van der Waals surface area contributed by atoms with Crippen molar-refractivity contribution in [2.75, 3.05) is 38.8 Å². The number of ether oxygens (including phenoxy) is 2. The van der Waals surface area contributed by atoms with Gasteiger partial charge in [0.05, 0.1) is 25.0 Å². The van der Waals surface area contributed by atoms with Crippen molar-refractivity contribution < 1.29 is 24.1 Å². The number of halogens is 1. The second-order valence-electron chi connectivity index (χ2n) is 3.70. The summed E-state index contributed by atoms with van der Waals surface area (Å²) in [7, 11) is 1.56. The van der Waals surface area contributed by atoms with E-state index >= 15 is 0 Å². The Labute approximate surface area is 105 Å². The number of aliphatic hydroxyl groups is 2. The number of anilines is 1. The Morgan fingerprint density at radius 2 is 2.17 bits per heavy atom. The minimum atomic E-state index is -0.903. The first-order chi connectivity index (χ1) is 8.67. The molecule has 0 saturated carbocycles. The van der Waals surface area contributed by atoms with E-state index in [2.05, 4.69) is 5.32 Å². The van der Waals surface area contributed by atoms with Gasteiger partial charge in [0.1, 0.15) is 18.2 Å². The molecular weight excluding hydrogens is 241 g/mol. The van der Waals surface area contributed by atoms with Gasteiger partial charge in [0.2, 0.25) is 0 Å². The molecule has 1 unspecified atom stereocenters. The zero-order valence-corrected chi connectivity index (χ0v) is 10.2. The summed E-state index contributed by atoms with van der Waals surface area (Å²) in [6.45, 7) is 0.526. The fourth-order valence-electron chi connectivity index (χ4n) is 1.29. The van der Waals surface area contributed by atoms with E-state index in [0.717, 1.165) is 0 Å². The summed E-state index contributed by atoms with van der Waals surface area (Å²) in [6.07, 6.45) is -0.903. The van der Waals surface area contributed by atoms with Gasteiger partial charge in [0.25, 0.3) is 0 Å². The summed E-state index contributed by atoms with van der Waals surface area (Å²) in [5, 5.41) is 20.7. The number of benzene rings is 1. The molecule has 5 nitrogen and oxygen atoms in total. The van der Waals surface area contributed by atoms with Crippen molar-refractivity contribution in [2.24, 2.45) is 0 Å². The maximum absolute atomic E-state index is 13.1. The van der Waals surface area contributed by atoms with Crippen LogP contribution >= 0.6 is 0 Å². The molecule has 0 heterocycles. The van der Waals surface area contributed by atoms with Crippen LogP contribution in [-0.2, 0) is 4.74 Å². The molecule has 3 N–H and O–H groups in total. The van der Waals surface area contributed by atoms with Crippen LogP contribution in [0.4, 0.5) is 10.1 Å². The van der Waals surface area contributed by atoms with Gasteiger partial charge in [-0.3, -0.25) is 0 Å². The Morgan fingerprint density at radius 1 is 1.39 bits per heavy atom. The topological polar surface area (TPSA) is 71.0 Å². The first-order valence-electron chi connectivity index (χ1n) is 5.61. The highest BCUT2D eigenvalue weighted by Gasteiger charge is 2.07. The molecule has 1 rings (SSSR count). The normalized spacial score (nSPS) is 12.2. The number of rotatable bonds is 8. The Kier molecular flexibility index (Phi) is 6.42. The van der Waals surface area contributed by atoms with Crippen LogP contribution in [-0.4, -0.2) is 49.8 Å². The van der Waals surface area contributed by atoms with E-state index in [4.69, 9.17) is 14.6 Å². The Morgan fingerprint density at radius 3 is 2.83 bits per heavy atom. The third-order valence-electron chi connectivity index (χ3n) is 2.23. The second kappa shape index (κ2) is 7.86. The molecule has 0 aliphatic rings. The van der Waals surface area contributed by atoms with E-state index in [9.17, 15) is 9.50 Å². The highest BCUT2D eigenvalue weighted by atomic mass is 19.1. The first-order valence-corrected chi connectivity index (χ1v) is 5.61. The zero-order valence-electron chi connectivity index (χ0n) is 10.2. The van der Waals surface area contributed by atoms with E-state index in [1.165, 1.54) is 18.2 Å². The van der Waals surface area contributed by atoms with Crippen LogP contribution in [0.5, 0.6) is 5.75 Å². The maximum Gasteiger partial charge on any atom is 0.142 e. The molecule has 0 spiro atoms. The Bertz CT molecular complexity index is 362. The van der Waals surface area contributed by atoms with E-state index in [-0.39, 0.29) is 13.2 Å². The van der Waals surface area contributed by atoms with Gasteiger partial charge < -0.3 is 25.0 Å². The number of aliphatic hydroxyl groups excluding tert-OH is 2. The van der Waals surface area contributed by atoms with Gasteiger partial charge in [-0.25, -0.2) is 4.39 Å². The van der Waals surface area contributed by atoms with Crippen molar-refractivity contribution in [3.05, 3.63) is 24.0 Å². The Hall–Kier alpha value is -1.37. The summed E-state index contributed by atoms with van der Waals surface area (Å²) in [5.41, 5.74) is 0.429. The van der Waals surface area contributed by atoms with Crippen molar-refractivity contribution in [3.8, 4) is 5.75 Å². The lowest BCUT2D eigenvalue weighted by atomic mass is 10.2. The quantitative estimate of drug-likeness (QED) is 0.597. The summed E-state index contributed by atoms with van der Waals surface area (Å²) in [5.74, 6) is 0.0636. The zero-order chi connectivity index (χ0) is 13.4. The van der Waals surface area contributed by atoms with Gasteiger partial charge in [-0.2, -0.15) is 0 Å². The lowest BCUT2D eigenvalue weighted by Gasteiger charge is -2.15. The molecule has 0 aromatic heterocycles. The van der Waals surface area contributed by atoms with Gasteiger partial charge in [0.15, 0.2) is 0 Å². The van der Waals surface area contributed by atoms with Crippen molar-refractivity contribution >= 4 is 5.69 Å².